The minimum absolute atomic E-state index is 0.263. The lowest BCUT2D eigenvalue weighted by atomic mass is 10.1. The number of rotatable bonds is 4. The Kier molecular flexibility index (Phi) is 4.19. The summed E-state index contributed by atoms with van der Waals surface area (Å²) in [6, 6.07) is 21.9. The molecule has 0 aliphatic carbocycles. The molecule has 2 aromatic heterocycles. The van der Waals surface area contributed by atoms with E-state index in [-0.39, 0.29) is 5.95 Å². The van der Waals surface area contributed by atoms with E-state index in [0.717, 1.165) is 39.3 Å². The van der Waals surface area contributed by atoms with Crippen LogP contribution in [0.4, 0.5) is 5.95 Å². The van der Waals surface area contributed by atoms with E-state index in [1.54, 1.807) is 7.11 Å². The Morgan fingerprint density at radius 3 is 2.54 bits per heavy atom. The predicted octanol–water partition coefficient (Wildman–Crippen LogP) is 3.87. The molecule has 128 valence electrons. The molecular formula is C21H18N4O. The summed E-state index contributed by atoms with van der Waals surface area (Å²) in [4.78, 5) is 13.6. The van der Waals surface area contributed by atoms with Crippen LogP contribution in [-0.4, -0.2) is 22.1 Å². The van der Waals surface area contributed by atoms with Gasteiger partial charge in [-0.3, -0.25) is 0 Å². The smallest absolute Gasteiger partial charge is 0.220 e. The second-order valence-electron chi connectivity index (χ2n) is 5.99. The fourth-order valence-corrected chi connectivity index (χ4v) is 2.95. The van der Waals surface area contributed by atoms with Crippen LogP contribution in [-0.2, 0) is 6.42 Å². The van der Waals surface area contributed by atoms with Crippen LogP contribution in [0.5, 0.6) is 5.75 Å². The van der Waals surface area contributed by atoms with Crippen molar-refractivity contribution in [3.05, 3.63) is 78.0 Å². The van der Waals surface area contributed by atoms with Gasteiger partial charge in [-0.25, -0.2) is 15.0 Å². The van der Waals surface area contributed by atoms with Crippen LogP contribution in [0.1, 0.15) is 11.3 Å². The molecule has 2 aromatic carbocycles. The number of hydrogen-bond donors (Lipinski definition) is 1. The second kappa shape index (κ2) is 6.80. The number of fused-ring (bicyclic) bond motifs is 1. The van der Waals surface area contributed by atoms with Crippen LogP contribution < -0.4 is 10.5 Å². The Balaban J connectivity index is 1.83. The third kappa shape index (κ3) is 3.19. The first kappa shape index (κ1) is 16.0. The molecule has 0 fully saturated rings. The zero-order valence-corrected chi connectivity index (χ0v) is 14.4. The molecule has 0 radical (unpaired) electrons. The van der Waals surface area contributed by atoms with E-state index in [4.69, 9.17) is 15.5 Å². The van der Waals surface area contributed by atoms with Crippen molar-refractivity contribution in [1.29, 1.82) is 0 Å². The highest BCUT2D eigenvalue weighted by Gasteiger charge is 2.11. The van der Waals surface area contributed by atoms with Gasteiger partial charge in [-0.2, -0.15) is 0 Å². The minimum Gasteiger partial charge on any atom is -0.497 e. The lowest BCUT2D eigenvalue weighted by Crippen LogP contribution is -2.03. The van der Waals surface area contributed by atoms with Gasteiger partial charge in [0.25, 0.3) is 0 Å². The highest BCUT2D eigenvalue weighted by atomic mass is 16.5. The fourth-order valence-electron chi connectivity index (χ4n) is 2.95. The molecule has 0 amide bonds. The summed E-state index contributed by atoms with van der Waals surface area (Å²) >= 11 is 0. The molecule has 0 saturated heterocycles. The van der Waals surface area contributed by atoms with E-state index < -0.39 is 0 Å². The zero-order chi connectivity index (χ0) is 17.9. The number of hydrogen-bond acceptors (Lipinski definition) is 5. The molecule has 0 atom stereocenters. The van der Waals surface area contributed by atoms with Crippen molar-refractivity contribution in [1.82, 2.24) is 15.0 Å². The third-order valence-electron chi connectivity index (χ3n) is 4.21. The fraction of sp³-hybridized carbons (Fsp3) is 0.0952. The van der Waals surface area contributed by atoms with Crippen molar-refractivity contribution >= 4 is 17.0 Å². The first-order chi connectivity index (χ1) is 12.7. The first-order valence-corrected chi connectivity index (χ1v) is 8.34. The monoisotopic (exact) mass is 342 g/mol. The van der Waals surface area contributed by atoms with Crippen molar-refractivity contribution in [2.45, 2.75) is 6.42 Å². The molecular weight excluding hydrogens is 324 g/mol. The molecule has 5 heteroatoms. The highest BCUT2D eigenvalue weighted by molar-refractivity contribution is 5.81. The quantitative estimate of drug-likeness (QED) is 0.609. The van der Waals surface area contributed by atoms with Crippen molar-refractivity contribution in [2.75, 3.05) is 12.8 Å². The maximum Gasteiger partial charge on any atom is 0.220 e. The maximum atomic E-state index is 5.90. The number of anilines is 1. The standard InChI is InChI=1S/C21H18N4O/c1-26-16-9-5-8-15(13-16)17-10-11-18-20(23-17)19(25-21(22)24-18)12-14-6-3-2-4-7-14/h2-11,13H,12H2,1H3,(H2,22,24,25). The predicted molar refractivity (Wildman–Crippen MR) is 103 cm³/mol. The number of nitrogens with two attached hydrogens (primary N) is 1. The van der Waals surface area contributed by atoms with Gasteiger partial charge in [0.15, 0.2) is 0 Å². The van der Waals surface area contributed by atoms with E-state index in [0.29, 0.717) is 6.42 Å². The van der Waals surface area contributed by atoms with Crippen molar-refractivity contribution in [3.8, 4) is 17.0 Å². The molecule has 4 rings (SSSR count). The summed E-state index contributed by atoms with van der Waals surface area (Å²) in [7, 11) is 1.65. The molecule has 0 aliphatic heterocycles. The van der Waals surface area contributed by atoms with Gasteiger partial charge in [-0.05, 0) is 29.8 Å². The van der Waals surface area contributed by atoms with Crippen LogP contribution in [0.3, 0.4) is 0 Å². The highest BCUT2D eigenvalue weighted by Crippen LogP contribution is 2.26. The lowest BCUT2D eigenvalue weighted by molar-refractivity contribution is 0.415. The summed E-state index contributed by atoms with van der Waals surface area (Å²) in [6.07, 6.45) is 0.651. The van der Waals surface area contributed by atoms with Crippen LogP contribution in [0.15, 0.2) is 66.7 Å². The topological polar surface area (TPSA) is 73.9 Å². The average molecular weight is 342 g/mol. The van der Waals surface area contributed by atoms with Gasteiger partial charge in [-0.15, -0.1) is 0 Å². The largest absolute Gasteiger partial charge is 0.497 e. The summed E-state index contributed by atoms with van der Waals surface area (Å²) in [5, 5.41) is 0. The van der Waals surface area contributed by atoms with Gasteiger partial charge in [0.1, 0.15) is 11.3 Å². The maximum absolute atomic E-state index is 5.90. The number of aromatic nitrogens is 3. The minimum atomic E-state index is 0.263. The van der Waals surface area contributed by atoms with E-state index in [9.17, 15) is 0 Å². The number of methoxy groups -OCH3 is 1. The Bertz CT molecular complexity index is 1060. The van der Waals surface area contributed by atoms with Gasteiger partial charge >= 0.3 is 0 Å². The van der Waals surface area contributed by atoms with Gasteiger partial charge in [0, 0.05) is 12.0 Å². The third-order valence-corrected chi connectivity index (χ3v) is 4.21. The molecule has 2 heterocycles. The molecule has 0 spiro atoms. The van der Waals surface area contributed by atoms with Crippen molar-refractivity contribution in [2.24, 2.45) is 0 Å². The Morgan fingerprint density at radius 1 is 0.885 bits per heavy atom. The van der Waals surface area contributed by atoms with E-state index in [2.05, 4.69) is 22.1 Å². The first-order valence-electron chi connectivity index (χ1n) is 8.34. The SMILES string of the molecule is COc1cccc(-c2ccc3nc(N)nc(Cc4ccccc4)c3n2)c1. The van der Waals surface area contributed by atoms with E-state index in [1.807, 2.05) is 54.6 Å². The number of nitrogens with zero attached hydrogens (tertiary/aromatic N) is 3. The number of benzene rings is 2. The molecule has 0 bridgehead atoms. The molecule has 0 unspecified atom stereocenters. The molecule has 5 nitrogen and oxygen atoms in total. The Labute approximate surface area is 151 Å². The molecule has 26 heavy (non-hydrogen) atoms. The summed E-state index contributed by atoms with van der Waals surface area (Å²) < 4.78 is 5.31. The number of ether oxygens (including phenoxy) is 1. The Hall–Kier alpha value is -3.47. The number of nitrogen functional groups attached to an aromatic ring is 1. The van der Waals surface area contributed by atoms with E-state index in [1.165, 1.54) is 0 Å². The zero-order valence-electron chi connectivity index (χ0n) is 14.4. The normalized spacial score (nSPS) is 10.8. The van der Waals surface area contributed by atoms with Gasteiger partial charge in [0.2, 0.25) is 5.95 Å². The van der Waals surface area contributed by atoms with Crippen LogP contribution in [0.25, 0.3) is 22.3 Å². The van der Waals surface area contributed by atoms with Gasteiger partial charge < -0.3 is 10.5 Å². The van der Waals surface area contributed by atoms with Crippen LogP contribution >= 0.6 is 0 Å². The average Bonchev–Trinajstić information content (AvgIpc) is 2.68. The molecule has 4 aromatic rings. The van der Waals surface area contributed by atoms with E-state index >= 15 is 0 Å². The molecule has 0 aliphatic rings. The number of pyridine rings is 1. The molecule has 0 saturated carbocycles. The van der Waals surface area contributed by atoms with Gasteiger partial charge in [0.05, 0.1) is 24.0 Å². The summed E-state index contributed by atoms with van der Waals surface area (Å²) in [5.41, 5.74) is 11.2. The summed E-state index contributed by atoms with van der Waals surface area (Å²) in [5.74, 6) is 1.06. The van der Waals surface area contributed by atoms with Crippen molar-refractivity contribution in [3.63, 3.8) is 0 Å². The van der Waals surface area contributed by atoms with Crippen molar-refractivity contribution < 1.29 is 4.74 Å². The Morgan fingerprint density at radius 2 is 1.73 bits per heavy atom. The lowest BCUT2D eigenvalue weighted by Gasteiger charge is -2.09. The molecule has 2 N–H and O–H groups in total. The summed E-state index contributed by atoms with van der Waals surface area (Å²) in [6.45, 7) is 0. The van der Waals surface area contributed by atoms with Gasteiger partial charge in [-0.1, -0.05) is 42.5 Å². The van der Waals surface area contributed by atoms with Crippen LogP contribution in [0, 0.1) is 0 Å². The van der Waals surface area contributed by atoms with Crippen LogP contribution in [0.2, 0.25) is 0 Å². The second-order valence-corrected chi connectivity index (χ2v) is 5.99.